The summed E-state index contributed by atoms with van der Waals surface area (Å²) in [5.41, 5.74) is 5.58. The van der Waals surface area contributed by atoms with Gasteiger partial charge in [0.1, 0.15) is 5.75 Å². The fourth-order valence-electron chi connectivity index (χ4n) is 3.27. The van der Waals surface area contributed by atoms with Crippen LogP contribution < -0.4 is 10.2 Å². The number of halogens is 2. The summed E-state index contributed by atoms with van der Waals surface area (Å²) in [5, 5.41) is 3.76. The molecule has 0 spiro atoms. The fraction of sp³-hybridized carbons (Fsp3) is 0.368. The Bertz CT molecular complexity index is 693. The molecule has 0 saturated carbocycles. The average molecular weight is 365 g/mol. The molecular weight excluding hydrogens is 343 g/mol. The zero-order chi connectivity index (χ0) is 16.9. The van der Waals surface area contributed by atoms with Crippen molar-refractivity contribution in [2.75, 3.05) is 25.6 Å². The number of piperidine rings is 1. The molecule has 128 valence electrons. The maximum absolute atomic E-state index is 6.25. The van der Waals surface area contributed by atoms with Crippen LogP contribution in [-0.4, -0.2) is 25.2 Å². The van der Waals surface area contributed by atoms with E-state index in [2.05, 4.69) is 10.4 Å². The summed E-state index contributed by atoms with van der Waals surface area (Å²) in [6, 6.07) is 13.7. The van der Waals surface area contributed by atoms with Crippen LogP contribution in [0.15, 0.2) is 42.5 Å². The van der Waals surface area contributed by atoms with Gasteiger partial charge in [-0.1, -0.05) is 35.3 Å². The van der Waals surface area contributed by atoms with Crippen molar-refractivity contribution in [2.45, 2.75) is 19.3 Å². The van der Waals surface area contributed by atoms with E-state index in [0.717, 1.165) is 47.4 Å². The number of nitrogens with one attached hydrogen (secondary N) is 1. The minimum atomic E-state index is 0.557. The van der Waals surface area contributed by atoms with Crippen molar-refractivity contribution in [3.63, 3.8) is 0 Å². The first-order chi connectivity index (χ1) is 11.7. The van der Waals surface area contributed by atoms with Gasteiger partial charge in [-0.3, -0.25) is 0 Å². The van der Waals surface area contributed by atoms with E-state index in [1.54, 1.807) is 7.11 Å². The molecule has 3 rings (SSSR count). The molecule has 2 aromatic rings. The molecule has 0 aliphatic carbocycles. The third kappa shape index (κ3) is 4.35. The maximum atomic E-state index is 6.25. The number of para-hydroxylation sites is 1. The van der Waals surface area contributed by atoms with Crippen LogP contribution in [0.25, 0.3) is 0 Å². The number of benzene rings is 2. The molecule has 5 heteroatoms. The summed E-state index contributed by atoms with van der Waals surface area (Å²) in [6.45, 7) is 2.00. The summed E-state index contributed by atoms with van der Waals surface area (Å²) >= 11 is 12.4. The third-order valence-corrected chi connectivity index (χ3v) is 4.99. The van der Waals surface area contributed by atoms with Gasteiger partial charge in [0.15, 0.2) is 0 Å². The largest absolute Gasteiger partial charge is 0.496 e. The zero-order valence-corrected chi connectivity index (χ0v) is 15.3. The molecule has 1 fully saturated rings. The number of methoxy groups -OCH3 is 1. The average Bonchev–Trinajstić information content (AvgIpc) is 2.58. The number of hydrogen-bond acceptors (Lipinski definition) is 3. The topological polar surface area (TPSA) is 24.5 Å². The maximum Gasteiger partial charge on any atom is 0.122 e. The number of nitrogens with zero attached hydrogens (tertiary/aromatic N) is 1. The first-order valence-electron chi connectivity index (χ1n) is 8.24. The standard InChI is InChI=1S/C19H22Cl2N2O/c1-24-19-9-8-16(20)12-15(19)11-14-5-4-10-23(13-14)22-18-7-3-2-6-17(18)21/h2-3,6-9,12,14,22H,4-5,10-11,13H2,1H3. The van der Waals surface area contributed by atoms with Crippen molar-refractivity contribution in [3.8, 4) is 5.75 Å². The molecule has 0 amide bonds. The van der Waals surface area contributed by atoms with Crippen molar-refractivity contribution < 1.29 is 4.74 Å². The van der Waals surface area contributed by atoms with Crippen LogP contribution in [0.4, 0.5) is 5.69 Å². The number of hydrazine groups is 1. The molecule has 0 bridgehead atoms. The van der Waals surface area contributed by atoms with Crippen molar-refractivity contribution >= 4 is 28.9 Å². The first kappa shape index (κ1) is 17.4. The highest BCUT2D eigenvalue weighted by molar-refractivity contribution is 6.33. The summed E-state index contributed by atoms with van der Waals surface area (Å²) < 4.78 is 5.47. The molecule has 3 nitrogen and oxygen atoms in total. The highest BCUT2D eigenvalue weighted by Crippen LogP contribution is 2.29. The van der Waals surface area contributed by atoms with Crippen LogP contribution >= 0.6 is 23.2 Å². The minimum absolute atomic E-state index is 0.557. The molecule has 1 heterocycles. The van der Waals surface area contributed by atoms with Gasteiger partial charge in [-0.15, -0.1) is 0 Å². The van der Waals surface area contributed by atoms with Gasteiger partial charge < -0.3 is 10.2 Å². The Hall–Kier alpha value is -1.42. The lowest BCUT2D eigenvalue weighted by molar-refractivity contribution is 0.206. The summed E-state index contributed by atoms with van der Waals surface area (Å²) in [5.74, 6) is 1.47. The molecule has 1 aliphatic heterocycles. The Morgan fingerprint density at radius 3 is 2.83 bits per heavy atom. The second-order valence-electron chi connectivity index (χ2n) is 6.21. The number of anilines is 1. The van der Waals surface area contributed by atoms with E-state index in [0.29, 0.717) is 5.92 Å². The fourth-order valence-corrected chi connectivity index (χ4v) is 3.65. The van der Waals surface area contributed by atoms with Gasteiger partial charge in [-0.2, -0.15) is 0 Å². The molecule has 1 N–H and O–H groups in total. The summed E-state index contributed by atoms with van der Waals surface area (Å²) in [6.07, 6.45) is 3.33. The van der Waals surface area contributed by atoms with Crippen molar-refractivity contribution in [2.24, 2.45) is 5.92 Å². The van der Waals surface area contributed by atoms with Crippen molar-refractivity contribution in [1.29, 1.82) is 0 Å². The van der Waals surface area contributed by atoms with Crippen LogP contribution in [0.5, 0.6) is 5.75 Å². The predicted molar refractivity (Wildman–Crippen MR) is 101 cm³/mol. The SMILES string of the molecule is COc1ccc(Cl)cc1CC1CCCN(Nc2ccccc2Cl)C1. The smallest absolute Gasteiger partial charge is 0.122 e. The van der Waals surface area contributed by atoms with E-state index in [1.807, 2.05) is 42.5 Å². The monoisotopic (exact) mass is 364 g/mol. The van der Waals surface area contributed by atoms with E-state index in [9.17, 15) is 0 Å². The second-order valence-corrected chi connectivity index (χ2v) is 7.05. The molecule has 1 atom stereocenters. The normalized spacial score (nSPS) is 18.4. The van der Waals surface area contributed by atoms with Gasteiger partial charge in [0.2, 0.25) is 0 Å². The van der Waals surface area contributed by atoms with E-state index in [4.69, 9.17) is 27.9 Å². The molecule has 1 aliphatic rings. The highest BCUT2D eigenvalue weighted by Gasteiger charge is 2.22. The molecule has 2 aromatic carbocycles. The van der Waals surface area contributed by atoms with E-state index in [1.165, 1.54) is 12.0 Å². The molecule has 0 aromatic heterocycles. The van der Waals surface area contributed by atoms with Crippen LogP contribution in [0.2, 0.25) is 10.0 Å². The van der Waals surface area contributed by atoms with Gasteiger partial charge in [-0.25, -0.2) is 5.01 Å². The van der Waals surface area contributed by atoms with Crippen LogP contribution in [0.3, 0.4) is 0 Å². The molecule has 1 unspecified atom stereocenters. The number of hydrogen-bond donors (Lipinski definition) is 1. The van der Waals surface area contributed by atoms with Gasteiger partial charge in [0, 0.05) is 18.1 Å². The number of rotatable bonds is 5. The molecule has 1 saturated heterocycles. The van der Waals surface area contributed by atoms with Gasteiger partial charge in [0.25, 0.3) is 0 Å². The highest BCUT2D eigenvalue weighted by atomic mass is 35.5. The lowest BCUT2D eigenvalue weighted by Gasteiger charge is -2.34. The number of ether oxygens (including phenoxy) is 1. The quantitative estimate of drug-likeness (QED) is 0.780. The van der Waals surface area contributed by atoms with E-state index in [-0.39, 0.29) is 0 Å². The van der Waals surface area contributed by atoms with E-state index < -0.39 is 0 Å². The van der Waals surface area contributed by atoms with Crippen molar-refractivity contribution in [1.82, 2.24) is 5.01 Å². The second kappa shape index (κ2) is 8.11. The minimum Gasteiger partial charge on any atom is -0.496 e. The Kier molecular flexibility index (Phi) is 5.88. The van der Waals surface area contributed by atoms with Gasteiger partial charge in [-0.05, 0) is 61.1 Å². The zero-order valence-electron chi connectivity index (χ0n) is 13.8. The lowest BCUT2D eigenvalue weighted by atomic mass is 9.91. The van der Waals surface area contributed by atoms with Crippen LogP contribution in [0.1, 0.15) is 18.4 Å². The predicted octanol–water partition coefficient (Wildman–Crippen LogP) is 5.28. The summed E-state index contributed by atoms with van der Waals surface area (Å²) in [4.78, 5) is 0. The Balaban J connectivity index is 1.66. The summed E-state index contributed by atoms with van der Waals surface area (Å²) in [7, 11) is 1.71. The van der Waals surface area contributed by atoms with Gasteiger partial charge >= 0.3 is 0 Å². The first-order valence-corrected chi connectivity index (χ1v) is 9.00. The Morgan fingerprint density at radius 1 is 1.21 bits per heavy atom. The van der Waals surface area contributed by atoms with Crippen LogP contribution in [0, 0.1) is 5.92 Å². The third-order valence-electron chi connectivity index (χ3n) is 4.42. The Labute approximate surface area is 153 Å². The lowest BCUT2D eigenvalue weighted by Crippen LogP contribution is -2.40. The van der Waals surface area contributed by atoms with E-state index >= 15 is 0 Å². The van der Waals surface area contributed by atoms with Crippen LogP contribution in [-0.2, 0) is 6.42 Å². The van der Waals surface area contributed by atoms with Gasteiger partial charge in [0.05, 0.1) is 17.8 Å². The molecule has 24 heavy (non-hydrogen) atoms. The molecule has 0 radical (unpaired) electrons. The molecular formula is C19H22Cl2N2O. The van der Waals surface area contributed by atoms with Crippen molar-refractivity contribution in [3.05, 3.63) is 58.1 Å². The Morgan fingerprint density at radius 2 is 2.04 bits per heavy atom.